The van der Waals surface area contributed by atoms with Gasteiger partial charge in [-0.3, -0.25) is 9.69 Å². The highest BCUT2D eigenvalue weighted by Crippen LogP contribution is 2.24. The second-order valence-electron chi connectivity index (χ2n) is 10.8. The average molecular weight is 605 g/mol. The molecule has 0 amide bonds. The zero-order valence-electron chi connectivity index (χ0n) is 24.9. The third-order valence-electron chi connectivity index (χ3n) is 7.32. The van der Waals surface area contributed by atoms with Crippen LogP contribution in [-0.2, 0) is 27.8 Å². The molecule has 0 spiro atoms. The molecule has 228 valence electrons. The summed E-state index contributed by atoms with van der Waals surface area (Å²) in [5, 5.41) is 9.14. The van der Waals surface area contributed by atoms with Gasteiger partial charge in [-0.05, 0) is 66.4 Å². The van der Waals surface area contributed by atoms with Crippen LogP contribution in [0.2, 0.25) is 0 Å². The second-order valence-corrected chi connectivity index (χ2v) is 13.1. The maximum atomic E-state index is 11.2. The number of rotatable bonds is 14. The Labute approximate surface area is 255 Å². The minimum atomic E-state index is -2.96. The topological polar surface area (TPSA) is 96.4 Å². The lowest BCUT2D eigenvalue weighted by Gasteiger charge is -2.36. The predicted molar refractivity (Wildman–Crippen MR) is 169 cm³/mol. The van der Waals surface area contributed by atoms with E-state index in [1.807, 2.05) is 36.4 Å². The first-order valence-electron chi connectivity index (χ1n) is 14.5. The maximum absolute atomic E-state index is 11.2. The van der Waals surface area contributed by atoms with Crippen LogP contribution in [0.4, 0.5) is 5.69 Å². The van der Waals surface area contributed by atoms with Gasteiger partial charge in [0, 0.05) is 44.7 Å². The van der Waals surface area contributed by atoms with Crippen LogP contribution in [0.5, 0.6) is 11.5 Å². The number of benzene rings is 3. The number of piperazine rings is 1. The van der Waals surface area contributed by atoms with Gasteiger partial charge in [0.25, 0.3) is 0 Å². The van der Waals surface area contributed by atoms with Crippen LogP contribution in [0.3, 0.4) is 0 Å². The number of hydrogen-bond donors (Lipinski definition) is 1. The van der Waals surface area contributed by atoms with Crippen LogP contribution in [0.25, 0.3) is 0 Å². The summed E-state index contributed by atoms with van der Waals surface area (Å²) in [5.41, 5.74) is 4.39. The third-order valence-corrected chi connectivity index (χ3v) is 8.35. The first-order chi connectivity index (χ1) is 20.7. The van der Waals surface area contributed by atoms with Crippen LogP contribution in [0, 0.1) is 11.8 Å². The number of carboxylic acid groups (broad SMARTS) is 1. The van der Waals surface area contributed by atoms with Crippen molar-refractivity contribution in [3.05, 3.63) is 89.5 Å². The molecule has 3 aromatic rings. The molecule has 1 aliphatic rings. The standard InChI is InChI=1S/C34H40N2O6S/c1-3-5-30(24-34(37)38)29-10-14-33(15-11-29)42-26-28-8-6-27(7-9-28)25-35-18-20-36(21-19-35)31-12-16-32(17-13-31)41-22-4-23-43(2,39)40/h6-17,30H,4,18-26H2,1-2H3,(H,37,38)/t30-/m0/s1. The van der Waals surface area contributed by atoms with Crippen molar-refractivity contribution in [2.45, 2.75) is 38.8 Å². The highest BCUT2D eigenvalue weighted by atomic mass is 32.2. The number of carboxylic acids is 1. The molecule has 0 aromatic heterocycles. The summed E-state index contributed by atoms with van der Waals surface area (Å²) in [6.07, 6.45) is 1.71. The normalized spacial score (nSPS) is 14.4. The van der Waals surface area contributed by atoms with E-state index in [0.29, 0.717) is 19.6 Å². The molecule has 1 N–H and O–H groups in total. The fraction of sp³-hybridized carbons (Fsp3) is 0.382. The fourth-order valence-electron chi connectivity index (χ4n) is 4.99. The number of aliphatic carboxylic acids is 1. The van der Waals surface area contributed by atoms with Crippen molar-refractivity contribution in [2.75, 3.05) is 49.7 Å². The molecule has 1 aliphatic heterocycles. The predicted octanol–water partition coefficient (Wildman–Crippen LogP) is 4.98. The van der Waals surface area contributed by atoms with E-state index < -0.39 is 15.8 Å². The largest absolute Gasteiger partial charge is 0.494 e. The lowest BCUT2D eigenvalue weighted by atomic mass is 9.96. The lowest BCUT2D eigenvalue weighted by molar-refractivity contribution is -0.137. The van der Waals surface area contributed by atoms with Gasteiger partial charge >= 0.3 is 5.97 Å². The number of carbonyl (C=O) groups is 1. The van der Waals surface area contributed by atoms with E-state index in [9.17, 15) is 13.2 Å². The highest BCUT2D eigenvalue weighted by molar-refractivity contribution is 7.90. The van der Waals surface area contributed by atoms with E-state index in [1.165, 1.54) is 11.8 Å². The number of anilines is 1. The van der Waals surface area contributed by atoms with Crippen molar-refractivity contribution in [2.24, 2.45) is 0 Å². The van der Waals surface area contributed by atoms with Gasteiger partial charge in [-0.2, -0.15) is 0 Å². The zero-order chi connectivity index (χ0) is 30.7. The average Bonchev–Trinajstić information content (AvgIpc) is 2.99. The van der Waals surface area contributed by atoms with Crippen molar-refractivity contribution in [3.63, 3.8) is 0 Å². The molecule has 0 aliphatic carbocycles. The van der Waals surface area contributed by atoms with Crippen LogP contribution in [-0.4, -0.2) is 69.2 Å². The Hall–Kier alpha value is -4.00. The van der Waals surface area contributed by atoms with E-state index in [-0.39, 0.29) is 18.1 Å². The monoisotopic (exact) mass is 604 g/mol. The molecule has 1 fully saturated rings. The summed E-state index contributed by atoms with van der Waals surface area (Å²) >= 11 is 0. The molecule has 3 aromatic carbocycles. The molecule has 4 rings (SSSR count). The van der Waals surface area contributed by atoms with Crippen molar-refractivity contribution >= 4 is 21.5 Å². The highest BCUT2D eigenvalue weighted by Gasteiger charge is 2.18. The van der Waals surface area contributed by atoms with Gasteiger partial charge in [-0.25, -0.2) is 8.42 Å². The molecule has 0 radical (unpaired) electrons. The molecule has 0 bridgehead atoms. The molecule has 8 nitrogen and oxygen atoms in total. The molecule has 1 saturated heterocycles. The van der Waals surface area contributed by atoms with Gasteiger partial charge in [0.2, 0.25) is 0 Å². The van der Waals surface area contributed by atoms with Gasteiger partial charge in [0.1, 0.15) is 27.9 Å². The first-order valence-corrected chi connectivity index (χ1v) is 16.6. The van der Waals surface area contributed by atoms with Crippen molar-refractivity contribution < 1.29 is 27.8 Å². The summed E-state index contributed by atoms with van der Waals surface area (Å²) in [7, 11) is -2.96. The first kappa shape index (κ1) is 31.9. The molecule has 0 saturated carbocycles. The molecular formula is C34H40N2O6S. The Kier molecular flexibility index (Phi) is 11.5. The Morgan fingerprint density at radius 1 is 0.884 bits per heavy atom. The van der Waals surface area contributed by atoms with E-state index in [1.54, 1.807) is 6.92 Å². The number of sulfone groups is 1. The van der Waals surface area contributed by atoms with E-state index in [0.717, 1.165) is 61.0 Å². The van der Waals surface area contributed by atoms with E-state index in [2.05, 4.69) is 58.0 Å². The number of ether oxygens (including phenoxy) is 2. The summed E-state index contributed by atoms with van der Waals surface area (Å²) in [5.74, 6) is 6.22. The van der Waals surface area contributed by atoms with E-state index in [4.69, 9.17) is 14.6 Å². The Morgan fingerprint density at radius 2 is 1.49 bits per heavy atom. The molecule has 43 heavy (non-hydrogen) atoms. The molecule has 9 heteroatoms. The van der Waals surface area contributed by atoms with Crippen molar-refractivity contribution in [1.82, 2.24) is 4.90 Å². The summed E-state index contributed by atoms with van der Waals surface area (Å²) in [4.78, 5) is 16.0. The number of nitrogens with zero attached hydrogens (tertiary/aromatic N) is 2. The van der Waals surface area contributed by atoms with Gasteiger partial charge in [-0.15, -0.1) is 5.92 Å². The van der Waals surface area contributed by atoms with Crippen LogP contribution in [0.15, 0.2) is 72.8 Å². The minimum absolute atomic E-state index is 0.0222. The smallest absolute Gasteiger partial charge is 0.304 e. The molecule has 1 heterocycles. The van der Waals surface area contributed by atoms with Gasteiger partial charge < -0.3 is 19.5 Å². The lowest BCUT2D eigenvalue weighted by Crippen LogP contribution is -2.45. The van der Waals surface area contributed by atoms with Gasteiger partial charge in [0.15, 0.2) is 0 Å². The Balaban J connectivity index is 1.18. The molecule has 1 atom stereocenters. The fourth-order valence-corrected chi connectivity index (χ4v) is 5.63. The summed E-state index contributed by atoms with van der Waals surface area (Å²) < 4.78 is 34.1. The SMILES string of the molecule is CC#C[C@@H](CC(=O)O)c1ccc(OCc2ccc(CN3CCN(c4ccc(OCCCS(C)(=O)=O)cc4)CC3)cc2)cc1. The summed E-state index contributed by atoms with van der Waals surface area (Å²) in [6, 6.07) is 24.0. The Bertz CT molecular complexity index is 1490. The number of hydrogen-bond acceptors (Lipinski definition) is 7. The minimum Gasteiger partial charge on any atom is -0.494 e. The van der Waals surface area contributed by atoms with Gasteiger partial charge in [-0.1, -0.05) is 42.3 Å². The third kappa shape index (κ3) is 10.7. The van der Waals surface area contributed by atoms with Crippen LogP contribution < -0.4 is 14.4 Å². The van der Waals surface area contributed by atoms with Crippen LogP contribution in [0.1, 0.15) is 42.4 Å². The van der Waals surface area contributed by atoms with Crippen molar-refractivity contribution in [3.8, 4) is 23.3 Å². The zero-order valence-corrected chi connectivity index (χ0v) is 25.7. The summed E-state index contributed by atoms with van der Waals surface area (Å²) in [6.45, 7) is 7.30. The quantitative estimate of drug-likeness (QED) is 0.203. The van der Waals surface area contributed by atoms with E-state index >= 15 is 0 Å². The van der Waals surface area contributed by atoms with Gasteiger partial charge in [0.05, 0.1) is 24.7 Å². The second kappa shape index (κ2) is 15.5. The molecular weight excluding hydrogens is 564 g/mol. The maximum Gasteiger partial charge on any atom is 0.304 e. The Morgan fingerprint density at radius 3 is 2.09 bits per heavy atom. The van der Waals surface area contributed by atoms with Crippen LogP contribution >= 0.6 is 0 Å². The molecule has 0 unspecified atom stereocenters. The van der Waals surface area contributed by atoms with Crippen molar-refractivity contribution in [1.29, 1.82) is 0 Å².